The summed E-state index contributed by atoms with van der Waals surface area (Å²) in [5.74, 6) is 2.58. The van der Waals surface area contributed by atoms with Gasteiger partial charge in [-0.1, -0.05) is 26.5 Å². The van der Waals surface area contributed by atoms with Crippen molar-refractivity contribution in [2.75, 3.05) is 6.61 Å². The third-order valence-electron chi connectivity index (χ3n) is 6.81. The predicted molar refractivity (Wildman–Crippen MR) is 124 cm³/mol. The first kappa shape index (κ1) is 19.1. The van der Waals surface area contributed by atoms with Crippen LogP contribution in [0.3, 0.4) is 0 Å². The number of aromatic nitrogens is 1. The molecule has 1 aromatic carbocycles. The van der Waals surface area contributed by atoms with Crippen molar-refractivity contribution in [3.63, 3.8) is 0 Å². The number of benzene rings is 1. The van der Waals surface area contributed by atoms with Crippen molar-refractivity contribution in [2.24, 2.45) is 11.3 Å². The zero-order valence-corrected chi connectivity index (χ0v) is 19.4. The number of hydrogen-bond acceptors (Lipinski definition) is 4. The topological polar surface area (TPSA) is 22.1 Å². The molecule has 150 valence electrons. The zero-order valence-electron chi connectivity index (χ0n) is 17.8. The molecule has 1 saturated carbocycles. The van der Waals surface area contributed by atoms with Crippen LogP contribution < -0.4 is 4.74 Å². The quantitative estimate of drug-likeness (QED) is 0.403. The smallest absolute Gasteiger partial charge is 0.134 e. The molecule has 2 heterocycles. The zero-order chi connectivity index (χ0) is 20.5. The van der Waals surface area contributed by atoms with Crippen LogP contribution in [0.25, 0.3) is 20.3 Å². The molecule has 0 aliphatic heterocycles. The van der Waals surface area contributed by atoms with Crippen molar-refractivity contribution >= 4 is 22.7 Å². The van der Waals surface area contributed by atoms with E-state index in [4.69, 9.17) is 9.72 Å². The summed E-state index contributed by atoms with van der Waals surface area (Å²) < 4.78 is 5.84. The number of nitrogens with zero attached hydrogens (tertiary/aromatic N) is 1. The molecule has 1 fully saturated rings. The first-order valence-electron chi connectivity index (χ1n) is 10.3. The monoisotopic (exact) mass is 421 g/mol. The molecule has 4 heteroatoms. The molecule has 0 saturated heterocycles. The Balaban J connectivity index is 1.48. The second kappa shape index (κ2) is 6.55. The summed E-state index contributed by atoms with van der Waals surface area (Å²) in [5.41, 5.74) is 7.27. The Morgan fingerprint density at radius 1 is 1.21 bits per heavy atom. The highest BCUT2D eigenvalue weighted by molar-refractivity contribution is 7.23. The van der Waals surface area contributed by atoms with Gasteiger partial charge in [0.2, 0.25) is 0 Å². The average Bonchev–Trinajstić information content (AvgIpc) is 3.15. The van der Waals surface area contributed by atoms with Gasteiger partial charge in [0.1, 0.15) is 17.4 Å². The minimum Gasteiger partial charge on any atom is -0.489 e. The molecule has 29 heavy (non-hydrogen) atoms. The van der Waals surface area contributed by atoms with Gasteiger partial charge in [-0.05, 0) is 84.4 Å². The molecule has 0 unspecified atom stereocenters. The summed E-state index contributed by atoms with van der Waals surface area (Å²) in [6.45, 7) is 15.7. The molecular formula is C25H27NOS2. The Hall–Kier alpha value is -1.91. The fraction of sp³-hybridized carbons (Fsp3) is 0.400. The number of rotatable bonds is 5. The lowest BCUT2D eigenvalue weighted by Gasteiger charge is -2.12. The molecule has 2 nitrogen and oxygen atoms in total. The van der Waals surface area contributed by atoms with Gasteiger partial charge in [0.05, 0.1) is 9.75 Å². The van der Waals surface area contributed by atoms with Crippen LogP contribution in [0.5, 0.6) is 5.75 Å². The summed E-state index contributed by atoms with van der Waals surface area (Å²) in [6.07, 6.45) is 5.06. The molecular weight excluding hydrogens is 394 g/mol. The molecule has 0 N–H and O–H groups in total. The van der Waals surface area contributed by atoms with E-state index < -0.39 is 0 Å². The van der Waals surface area contributed by atoms with Crippen molar-refractivity contribution in [1.29, 1.82) is 0 Å². The largest absolute Gasteiger partial charge is 0.489 e. The second-order valence-corrected chi connectivity index (χ2v) is 11.3. The summed E-state index contributed by atoms with van der Waals surface area (Å²) >= 11 is 3.76. The SMILES string of the molecule is C=CCOc1c(C)cc(-c2cnc(-c3sc(C)c4c3C[C@@H]3[C@H]4C3(C)C)s2)cc1C. The van der Waals surface area contributed by atoms with Crippen molar-refractivity contribution in [3.05, 3.63) is 58.1 Å². The summed E-state index contributed by atoms with van der Waals surface area (Å²) in [4.78, 5) is 8.99. The van der Waals surface area contributed by atoms with Gasteiger partial charge in [0, 0.05) is 11.1 Å². The van der Waals surface area contributed by atoms with Gasteiger partial charge in [-0.2, -0.15) is 0 Å². The number of ether oxygens (including phenoxy) is 1. The highest BCUT2D eigenvalue weighted by Crippen LogP contribution is 2.72. The van der Waals surface area contributed by atoms with E-state index in [0.29, 0.717) is 12.0 Å². The van der Waals surface area contributed by atoms with Gasteiger partial charge in [-0.3, -0.25) is 0 Å². The van der Waals surface area contributed by atoms with Crippen molar-refractivity contribution in [1.82, 2.24) is 4.98 Å². The third-order valence-corrected chi connectivity index (χ3v) is 9.17. The van der Waals surface area contributed by atoms with Crippen LogP contribution in [0.2, 0.25) is 0 Å². The molecule has 0 spiro atoms. The Bertz CT molecular complexity index is 1110. The maximum absolute atomic E-state index is 5.84. The Labute approximate surface area is 181 Å². The van der Waals surface area contributed by atoms with E-state index in [1.165, 1.54) is 31.6 Å². The fourth-order valence-electron chi connectivity index (χ4n) is 5.28. The lowest BCUT2D eigenvalue weighted by molar-refractivity contribution is 0.358. The van der Waals surface area contributed by atoms with Crippen molar-refractivity contribution in [3.8, 4) is 26.1 Å². The van der Waals surface area contributed by atoms with Crippen molar-refractivity contribution < 1.29 is 4.74 Å². The molecule has 0 radical (unpaired) electrons. The van der Waals surface area contributed by atoms with E-state index >= 15 is 0 Å². The second-order valence-electron chi connectivity index (χ2n) is 9.06. The first-order chi connectivity index (χ1) is 13.8. The van der Waals surface area contributed by atoms with E-state index in [0.717, 1.165) is 28.7 Å². The van der Waals surface area contributed by atoms with Gasteiger partial charge in [0.15, 0.2) is 0 Å². The van der Waals surface area contributed by atoms with E-state index in [2.05, 4.69) is 53.3 Å². The lowest BCUT2D eigenvalue weighted by Crippen LogP contribution is -1.99. The maximum Gasteiger partial charge on any atom is 0.134 e. The van der Waals surface area contributed by atoms with E-state index in [9.17, 15) is 0 Å². The summed E-state index contributed by atoms with van der Waals surface area (Å²) in [5, 5.41) is 1.18. The molecule has 3 aromatic rings. The van der Waals surface area contributed by atoms with Gasteiger partial charge in [-0.25, -0.2) is 4.98 Å². The molecule has 5 rings (SSSR count). The van der Waals surface area contributed by atoms with Crippen LogP contribution in [-0.4, -0.2) is 11.6 Å². The van der Waals surface area contributed by atoms with Gasteiger partial charge < -0.3 is 4.74 Å². The maximum atomic E-state index is 5.84. The standard InChI is InChI=1S/C25H27NOS2/c1-7-8-27-22-13(2)9-16(10-14(22)3)19-12-26-24(29-19)23-17-11-18-21(25(18,5)6)20(17)15(4)28-23/h7,9-10,12,18,21H,1,8,11H2,2-6H3/t18-,21-/m1/s1. The van der Waals surface area contributed by atoms with Crippen LogP contribution in [-0.2, 0) is 6.42 Å². The van der Waals surface area contributed by atoms with Crippen LogP contribution in [0.1, 0.15) is 46.9 Å². The molecule has 2 aliphatic carbocycles. The normalized spacial score (nSPS) is 21.0. The molecule has 2 atom stereocenters. The number of fused-ring (bicyclic) bond motifs is 3. The Morgan fingerprint density at radius 3 is 2.62 bits per heavy atom. The summed E-state index contributed by atoms with van der Waals surface area (Å²) in [6, 6.07) is 4.43. The molecule has 2 aliphatic rings. The van der Waals surface area contributed by atoms with E-state index in [1.54, 1.807) is 17.2 Å². The molecule has 2 aromatic heterocycles. The number of thiazole rings is 1. The lowest BCUT2D eigenvalue weighted by atomic mass is 9.95. The predicted octanol–water partition coefficient (Wildman–Crippen LogP) is 7.32. The number of aryl methyl sites for hydroxylation is 3. The van der Waals surface area contributed by atoms with Crippen LogP contribution in [0.15, 0.2) is 31.0 Å². The number of thiophene rings is 1. The van der Waals surface area contributed by atoms with Crippen LogP contribution in [0.4, 0.5) is 0 Å². The molecule has 0 amide bonds. The van der Waals surface area contributed by atoms with Crippen LogP contribution >= 0.6 is 22.7 Å². The van der Waals surface area contributed by atoms with E-state index in [1.807, 2.05) is 28.9 Å². The van der Waals surface area contributed by atoms with Gasteiger partial charge in [-0.15, -0.1) is 22.7 Å². The fourth-order valence-corrected chi connectivity index (χ4v) is 7.52. The molecule has 0 bridgehead atoms. The Morgan fingerprint density at radius 2 is 1.93 bits per heavy atom. The number of hydrogen-bond donors (Lipinski definition) is 0. The highest BCUT2D eigenvalue weighted by atomic mass is 32.1. The Kier molecular flexibility index (Phi) is 4.31. The van der Waals surface area contributed by atoms with Gasteiger partial charge in [0.25, 0.3) is 0 Å². The third kappa shape index (κ3) is 2.83. The minimum absolute atomic E-state index is 0.495. The summed E-state index contributed by atoms with van der Waals surface area (Å²) in [7, 11) is 0. The van der Waals surface area contributed by atoms with Gasteiger partial charge >= 0.3 is 0 Å². The average molecular weight is 422 g/mol. The highest BCUT2D eigenvalue weighted by Gasteiger charge is 2.63. The minimum atomic E-state index is 0.495. The first-order valence-corrected chi connectivity index (χ1v) is 11.9. The van der Waals surface area contributed by atoms with E-state index in [-0.39, 0.29) is 0 Å². The van der Waals surface area contributed by atoms with Crippen molar-refractivity contribution in [2.45, 2.75) is 47.0 Å². The van der Waals surface area contributed by atoms with Crippen LogP contribution in [0, 0.1) is 32.1 Å².